The van der Waals surface area contributed by atoms with Crippen LogP contribution in [0.15, 0.2) is 36.4 Å². The Hall–Kier alpha value is -2.54. The maximum atomic E-state index is 13.9. The Balaban J connectivity index is 2.25. The van der Waals surface area contributed by atoms with Gasteiger partial charge in [-0.3, -0.25) is 10.1 Å². The summed E-state index contributed by atoms with van der Waals surface area (Å²) in [5.74, 6) is -1.69. The van der Waals surface area contributed by atoms with Crippen molar-refractivity contribution in [1.82, 2.24) is 0 Å². The molecule has 2 N–H and O–H groups in total. The maximum absolute atomic E-state index is 13.9. The second-order valence-corrected chi connectivity index (χ2v) is 4.23. The highest BCUT2D eigenvalue weighted by Crippen LogP contribution is 2.25. The number of hydrogen-bond acceptors (Lipinski definition) is 4. The van der Waals surface area contributed by atoms with Crippen molar-refractivity contribution >= 4 is 5.69 Å². The highest BCUT2D eigenvalue weighted by Gasteiger charge is 2.18. The van der Waals surface area contributed by atoms with Crippen molar-refractivity contribution in [2.24, 2.45) is 5.73 Å². The van der Waals surface area contributed by atoms with Crippen molar-refractivity contribution in [3.05, 3.63) is 69.3 Å². The molecule has 0 aliphatic rings. The Labute approximate surface area is 119 Å². The summed E-state index contributed by atoms with van der Waals surface area (Å²) in [4.78, 5) is 9.82. The number of nitrogens with two attached hydrogens (primary N) is 1. The van der Waals surface area contributed by atoms with Gasteiger partial charge in [0.2, 0.25) is 5.82 Å². The first kappa shape index (κ1) is 14.9. The van der Waals surface area contributed by atoms with Crippen LogP contribution >= 0.6 is 0 Å². The number of halogens is 2. The summed E-state index contributed by atoms with van der Waals surface area (Å²) in [6.07, 6.45) is 0. The van der Waals surface area contributed by atoms with Crippen LogP contribution in [0.5, 0.6) is 5.75 Å². The number of rotatable bonds is 5. The van der Waals surface area contributed by atoms with E-state index in [1.807, 2.05) is 0 Å². The molecule has 0 aliphatic heterocycles. The number of nitro benzene ring substituents is 1. The van der Waals surface area contributed by atoms with Gasteiger partial charge in [0.25, 0.3) is 0 Å². The van der Waals surface area contributed by atoms with Gasteiger partial charge in [-0.25, -0.2) is 4.39 Å². The minimum Gasteiger partial charge on any atom is -0.485 e. The molecule has 2 rings (SSSR count). The summed E-state index contributed by atoms with van der Waals surface area (Å²) in [7, 11) is 0. The van der Waals surface area contributed by atoms with E-state index >= 15 is 0 Å². The second-order valence-electron chi connectivity index (χ2n) is 4.23. The standard InChI is InChI=1S/C14H12F2N2O3/c15-11-5-1-3-9(7-17)14(11)21-8-10-4-2-6-12(13(10)16)18(19)20/h1-6H,7-8,17H2. The molecule has 0 radical (unpaired) electrons. The van der Waals surface area contributed by atoms with Crippen LogP contribution in [0.4, 0.5) is 14.5 Å². The zero-order valence-electron chi connectivity index (χ0n) is 10.9. The van der Waals surface area contributed by atoms with Gasteiger partial charge in [-0.15, -0.1) is 0 Å². The normalized spacial score (nSPS) is 10.4. The smallest absolute Gasteiger partial charge is 0.305 e. The van der Waals surface area contributed by atoms with E-state index in [-0.39, 0.29) is 24.5 Å². The molecule has 0 bridgehead atoms. The molecule has 0 aliphatic carbocycles. The lowest BCUT2D eigenvalue weighted by molar-refractivity contribution is -0.387. The molecule has 2 aromatic rings. The molecule has 0 unspecified atom stereocenters. The van der Waals surface area contributed by atoms with Crippen molar-refractivity contribution in [2.75, 3.05) is 0 Å². The maximum Gasteiger partial charge on any atom is 0.305 e. The number of nitro groups is 1. The molecule has 0 amide bonds. The number of benzene rings is 2. The van der Waals surface area contributed by atoms with Crippen LogP contribution in [-0.4, -0.2) is 4.92 Å². The molecule has 0 heterocycles. The minimum absolute atomic E-state index is 0.0320. The van der Waals surface area contributed by atoms with E-state index in [0.717, 1.165) is 6.07 Å². The number of hydrogen-bond donors (Lipinski definition) is 1. The summed E-state index contributed by atoms with van der Waals surface area (Å²) in [5.41, 5.74) is 5.22. The largest absolute Gasteiger partial charge is 0.485 e. The van der Waals surface area contributed by atoms with E-state index in [2.05, 4.69) is 0 Å². The fourth-order valence-corrected chi connectivity index (χ4v) is 1.84. The summed E-state index contributed by atoms with van der Waals surface area (Å²) < 4.78 is 32.8. The van der Waals surface area contributed by atoms with Gasteiger partial charge in [-0.1, -0.05) is 24.3 Å². The van der Waals surface area contributed by atoms with Crippen molar-refractivity contribution < 1.29 is 18.4 Å². The quantitative estimate of drug-likeness (QED) is 0.679. The van der Waals surface area contributed by atoms with Crippen molar-refractivity contribution in [3.63, 3.8) is 0 Å². The fourth-order valence-electron chi connectivity index (χ4n) is 1.84. The lowest BCUT2D eigenvalue weighted by Gasteiger charge is -2.11. The number of nitrogens with zero attached hydrogens (tertiary/aromatic N) is 1. The van der Waals surface area contributed by atoms with E-state index in [4.69, 9.17) is 10.5 Å². The Morgan fingerprint density at radius 1 is 1.14 bits per heavy atom. The van der Waals surface area contributed by atoms with Crippen molar-refractivity contribution in [1.29, 1.82) is 0 Å². The SMILES string of the molecule is NCc1cccc(F)c1OCc1cccc([N+](=O)[O-])c1F. The van der Waals surface area contributed by atoms with Crippen molar-refractivity contribution in [2.45, 2.75) is 13.2 Å². The lowest BCUT2D eigenvalue weighted by atomic mass is 10.1. The molecule has 0 saturated carbocycles. The topological polar surface area (TPSA) is 78.4 Å². The van der Waals surface area contributed by atoms with Crippen LogP contribution in [0.1, 0.15) is 11.1 Å². The van der Waals surface area contributed by atoms with Gasteiger partial charge in [-0.05, 0) is 6.07 Å². The highest BCUT2D eigenvalue weighted by molar-refractivity contribution is 5.38. The van der Waals surface area contributed by atoms with Gasteiger partial charge in [0.1, 0.15) is 6.61 Å². The monoisotopic (exact) mass is 294 g/mol. The summed E-state index contributed by atoms with van der Waals surface area (Å²) in [6, 6.07) is 7.99. The summed E-state index contributed by atoms with van der Waals surface area (Å²) >= 11 is 0. The third-order valence-corrected chi connectivity index (χ3v) is 2.90. The van der Waals surface area contributed by atoms with Gasteiger partial charge in [0.15, 0.2) is 11.6 Å². The van der Waals surface area contributed by atoms with Crippen LogP contribution in [0.2, 0.25) is 0 Å². The van der Waals surface area contributed by atoms with Gasteiger partial charge in [-0.2, -0.15) is 4.39 Å². The Bertz CT molecular complexity index is 677. The molecule has 0 saturated heterocycles. The molecule has 7 heteroatoms. The van der Waals surface area contributed by atoms with E-state index in [1.165, 1.54) is 24.3 Å². The lowest BCUT2D eigenvalue weighted by Crippen LogP contribution is -2.06. The molecular weight excluding hydrogens is 282 g/mol. The fraction of sp³-hybridized carbons (Fsp3) is 0.143. The third kappa shape index (κ3) is 3.14. The predicted molar refractivity (Wildman–Crippen MR) is 71.7 cm³/mol. The molecule has 0 fully saturated rings. The van der Waals surface area contributed by atoms with Crippen LogP contribution in [0.3, 0.4) is 0 Å². The van der Waals surface area contributed by atoms with Gasteiger partial charge in [0, 0.05) is 23.7 Å². The van der Waals surface area contributed by atoms with Gasteiger partial charge < -0.3 is 10.5 Å². The number of para-hydroxylation sites is 1. The highest BCUT2D eigenvalue weighted by atomic mass is 19.1. The first-order valence-electron chi connectivity index (χ1n) is 6.06. The van der Waals surface area contributed by atoms with E-state index in [9.17, 15) is 18.9 Å². The van der Waals surface area contributed by atoms with Crippen LogP contribution in [0.25, 0.3) is 0 Å². The molecule has 21 heavy (non-hydrogen) atoms. The van der Waals surface area contributed by atoms with Gasteiger partial charge in [0.05, 0.1) is 4.92 Å². The van der Waals surface area contributed by atoms with Crippen LogP contribution in [-0.2, 0) is 13.2 Å². The molecule has 110 valence electrons. The molecular formula is C14H12F2N2O3. The molecule has 2 aromatic carbocycles. The molecule has 0 spiro atoms. The Morgan fingerprint density at radius 3 is 2.48 bits per heavy atom. The van der Waals surface area contributed by atoms with E-state index in [1.54, 1.807) is 6.07 Å². The second kappa shape index (κ2) is 6.27. The summed E-state index contributed by atoms with van der Waals surface area (Å²) in [6.45, 7) is -0.272. The number of ether oxygens (including phenoxy) is 1. The molecule has 5 nitrogen and oxygen atoms in total. The van der Waals surface area contributed by atoms with E-state index in [0.29, 0.717) is 5.56 Å². The Morgan fingerprint density at radius 2 is 1.81 bits per heavy atom. The predicted octanol–water partition coefficient (Wildman–Crippen LogP) is 2.91. The average molecular weight is 294 g/mol. The van der Waals surface area contributed by atoms with Crippen molar-refractivity contribution in [3.8, 4) is 5.75 Å². The zero-order chi connectivity index (χ0) is 15.4. The minimum atomic E-state index is -0.992. The van der Waals surface area contributed by atoms with Crippen LogP contribution in [0, 0.1) is 21.7 Å². The first-order valence-corrected chi connectivity index (χ1v) is 6.06. The van der Waals surface area contributed by atoms with Crippen LogP contribution < -0.4 is 10.5 Å². The Kier molecular flexibility index (Phi) is 4.44. The summed E-state index contributed by atoms with van der Waals surface area (Å²) in [5, 5.41) is 10.7. The van der Waals surface area contributed by atoms with Gasteiger partial charge >= 0.3 is 5.69 Å². The zero-order valence-corrected chi connectivity index (χ0v) is 10.9. The molecule has 0 aromatic heterocycles. The molecule has 0 atom stereocenters. The van der Waals surface area contributed by atoms with E-state index < -0.39 is 22.2 Å². The average Bonchev–Trinajstić information content (AvgIpc) is 2.46. The first-order chi connectivity index (χ1) is 10.0. The third-order valence-electron chi connectivity index (χ3n) is 2.90.